The van der Waals surface area contributed by atoms with Gasteiger partial charge in [0.2, 0.25) is 5.52 Å². The molecule has 4 heteroatoms. The van der Waals surface area contributed by atoms with Crippen LogP contribution in [0.3, 0.4) is 0 Å². The maximum atomic E-state index is 13.6. The van der Waals surface area contributed by atoms with E-state index in [0.29, 0.717) is 11.4 Å². The molecule has 0 unspecified atom stereocenters. The van der Waals surface area contributed by atoms with E-state index in [1.54, 1.807) is 6.07 Å². The van der Waals surface area contributed by atoms with E-state index < -0.39 is 0 Å². The second-order valence-corrected chi connectivity index (χ2v) is 6.17. The molecule has 0 bridgehead atoms. The highest BCUT2D eigenvalue weighted by molar-refractivity contribution is 6.03. The molecule has 2 heterocycles. The molecule has 1 aliphatic heterocycles. The van der Waals surface area contributed by atoms with Gasteiger partial charge in [-0.25, -0.2) is 9.37 Å². The molecule has 3 nitrogen and oxygen atoms in total. The highest BCUT2D eigenvalue weighted by Crippen LogP contribution is 2.45. The van der Waals surface area contributed by atoms with Gasteiger partial charge in [-0.3, -0.25) is 0 Å². The van der Waals surface area contributed by atoms with Crippen LogP contribution < -0.4 is 9.30 Å². The second kappa shape index (κ2) is 4.51. The van der Waals surface area contributed by atoms with Crippen molar-refractivity contribution in [2.75, 3.05) is 0 Å². The van der Waals surface area contributed by atoms with Gasteiger partial charge in [0.15, 0.2) is 0 Å². The summed E-state index contributed by atoms with van der Waals surface area (Å²) in [6.07, 6.45) is 0. The fraction of sp³-hybridized carbons (Fsp3) is 0.100. The maximum Gasteiger partial charge on any atom is 0.294 e. The molecule has 0 saturated carbocycles. The minimum atomic E-state index is -0.301. The van der Waals surface area contributed by atoms with Crippen LogP contribution >= 0.6 is 0 Å². The molecule has 4 aromatic rings. The van der Waals surface area contributed by atoms with E-state index in [2.05, 4.69) is 30.1 Å². The predicted molar refractivity (Wildman–Crippen MR) is 90.6 cm³/mol. The molecule has 0 atom stereocenters. The third-order valence-electron chi connectivity index (χ3n) is 4.72. The van der Waals surface area contributed by atoms with E-state index in [1.807, 2.05) is 23.7 Å². The Kier molecular flexibility index (Phi) is 2.52. The number of rotatable bonds is 0. The second-order valence-electron chi connectivity index (χ2n) is 6.17. The lowest BCUT2D eigenvalue weighted by Gasteiger charge is -2.20. The van der Waals surface area contributed by atoms with E-state index in [9.17, 15) is 4.39 Å². The molecule has 24 heavy (non-hydrogen) atoms. The van der Waals surface area contributed by atoms with E-state index >= 15 is 0 Å². The fourth-order valence-electron chi connectivity index (χ4n) is 3.59. The van der Waals surface area contributed by atoms with E-state index in [0.717, 1.165) is 33.3 Å². The van der Waals surface area contributed by atoms with Crippen molar-refractivity contribution in [2.45, 2.75) is 6.92 Å². The van der Waals surface area contributed by atoms with Crippen LogP contribution in [0.15, 0.2) is 48.5 Å². The predicted octanol–water partition coefficient (Wildman–Crippen LogP) is 4.43. The van der Waals surface area contributed by atoms with Crippen molar-refractivity contribution in [3.05, 3.63) is 59.9 Å². The number of benzene rings is 3. The Morgan fingerprint density at radius 1 is 1.08 bits per heavy atom. The zero-order chi connectivity index (χ0) is 16.4. The van der Waals surface area contributed by atoms with Crippen LogP contribution in [0.5, 0.6) is 11.6 Å². The van der Waals surface area contributed by atoms with Gasteiger partial charge >= 0.3 is 0 Å². The van der Waals surface area contributed by atoms with Gasteiger partial charge in [-0.15, -0.1) is 0 Å². The standard InChI is InChI=1S/C20H14FN2O/c1-11-6-7-12-4-3-5-16-18(12)17(11)19-20(24-16)22-14-10-13(21)8-9-15(14)23(19)2/h3-10H,1-2H3/q+1. The molecule has 0 fully saturated rings. The van der Waals surface area contributed by atoms with Crippen molar-refractivity contribution in [2.24, 2.45) is 7.05 Å². The van der Waals surface area contributed by atoms with Gasteiger partial charge in [-0.05, 0) is 30.0 Å². The lowest BCUT2D eigenvalue weighted by atomic mass is 9.94. The van der Waals surface area contributed by atoms with Gasteiger partial charge in [0.05, 0.1) is 5.56 Å². The first-order chi connectivity index (χ1) is 11.6. The summed E-state index contributed by atoms with van der Waals surface area (Å²) in [7, 11) is 1.97. The molecule has 0 saturated heterocycles. The Morgan fingerprint density at radius 3 is 2.83 bits per heavy atom. The van der Waals surface area contributed by atoms with Gasteiger partial charge in [0, 0.05) is 17.5 Å². The summed E-state index contributed by atoms with van der Waals surface area (Å²) in [6.45, 7) is 2.09. The van der Waals surface area contributed by atoms with Gasteiger partial charge in [-0.2, -0.15) is 4.57 Å². The van der Waals surface area contributed by atoms with Gasteiger partial charge in [-0.1, -0.05) is 24.3 Å². The van der Waals surface area contributed by atoms with Gasteiger partial charge in [0.1, 0.15) is 24.1 Å². The number of nitrogens with zero attached hydrogens (tertiary/aromatic N) is 2. The molecule has 3 aromatic carbocycles. The largest absolute Gasteiger partial charge is 0.433 e. The first-order valence-corrected chi connectivity index (χ1v) is 7.83. The summed E-state index contributed by atoms with van der Waals surface area (Å²) < 4.78 is 21.7. The summed E-state index contributed by atoms with van der Waals surface area (Å²) in [5, 5.41) is 2.24. The zero-order valence-electron chi connectivity index (χ0n) is 13.3. The van der Waals surface area contributed by atoms with Crippen molar-refractivity contribution in [1.82, 2.24) is 4.98 Å². The van der Waals surface area contributed by atoms with E-state index in [-0.39, 0.29) is 5.82 Å². The number of aromatic nitrogens is 2. The summed E-state index contributed by atoms with van der Waals surface area (Å²) >= 11 is 0. The molecule has 0 N–H and O–H groups in total. The quantitative estimate of drug-likeness (QED) is 0.395. The molecule has 0 aliphatic carbocycles. The first kappa shape index (κ1) is 13.4. The molecular formula is C20H14FN2O+. The fourth-order valence-corrected chi connectivity index (χ4v) is 3.59. The number of hydrogen-bond acceptors (Lipinski definition) is 2. The normalized spacial score (nSPS) is 12.3. The highest BCUT2D eigenvalue weighted by Gasteiger charge is 2.31. The lowest BCUT2D eigenvalue weighted by Crippen LogP contribution is -2.34. The molecule has 116 valence electrons. The van der Waals surface area contributed by atoms with Crippen LogP contribution in [0.25, 0.3) is 33.1 Å². The Morgan fingerprint density at radius 2 is 1.96 bits per heavy atom. The Hall–Kier alpha value is -3.01. The molecule has 0 amide bonds. The minimum absolute atomic E-state index is 0.301. The van der Waals surface area contributed by atoms with Crippen LogP contribution in [0, 0.1) is 12.7 Å². The van der Waals surface area contributed by atoms with Crippen LogP contribution in [0.1, 0.15) is 5.56 Å². The molecule has 1 aliphatic rings. The Bertz CT molecular complexity index is 1170. The van der Waals surface area contributed by atoms with Crippen molar-refractivity contribution in [3.8, 4) is 22.9 Å². The van der Waals surface area contributed by atoms with E-state index in [4.69, 9.17) is 4.74 Å². The highest BCUT2D eigenvalue weighted by atomic mass is 19.1. The maximum absolute atomic E-state index is 13.6. The van der Waals surface area contributed by atoms with Crippen LogP contribution in [0.4, 0.5) is 4.39 Å². The number of halogens is 1. The van der Waals surface area contributed by atoms with Crippen molar-refractivity contribution in [3.63, 3.8) is 0 Å². The van der Waals surface area contributed by atoms with Crippen LogP contribution in [0.2, 0.25) is 0 Å². The molecule has 0 radical (unpaired) electrons. The smallest absolute Gasteiger partial charge is 0.294 e. The van der Waals surface area contributed by atoms with Gasteiger partial charge in [0.25, 0.3) is 11.6 Å². The summed E-state index contributed by atoms with van der Waals surface area (Å²) in [5.74, 6) is 1.01. The molecule has 1 aromatic heterocycles. The van der Waals surface area contributed by atoms with Crippen LogP contribution in [-0.2, 0) is 7.05 Å². The minimum Gasteiger partial charge on any atom is -0.433 e. The Balaban J connectivity index is 1.99. The number of aryl methyl sites for hydroxylation is 2. The van der Waals surface area contributed by atoms with Crippen molar-refractivity contribution in [1.29, 1.82) is 0 Å². The summed E-state index contributed by atoms with van der Waals surface area (Å²) in [5.41, 5.74) is 4.68. The number of fused-ring (bicyclic) bond motifs is 3. The first-order valence-electron chi connectivity index (χ1n) is 7.83. The topological polar surface area (TPSA) is 26.0 Å². The number of ether oxygens (including phenoxy) is 1. The van der Waals surface area contributed by atoms with Crippen LogP contribution in [-0.4, -0.2) is 4.98 Å². The third-order valence-corrected chi connectivity index (χ3v) is 4.72. The van der Waals surface area contributed by atoms with Crippen molar-refractivity contribution >= 4 is 21.8 Å². The molecule has 0 spiro atoms. The molecule has 5 rings (SSSR count). The zero-order valence-corrected chi connectivity index (χ0v) is 13.3. The number of hydrogen-bond donors (Lipinski definition) is 0. The Labute approximate surface area is 138 Å². The van der Waals surface area contributed by atoms with Gasteiger partial charge < -0.3 is 4.74 Å². The monoisotopic (exact) mass is 317 g/mol. The van der Waals surface area contributed by atoms with Crippen molar-refractivity contribution < 1.29 is 13.7 Å². The summed E-state index contributed by atoms with van der Waals surface area (Å²) in [6, 6.07) is 14.9. The lowest BCUT2D eigenvalue weighted by molar-refractivity contribution is -0.634. The average Bonchev–Trinajstić information content (AvgIpc) is 2.57. The van der Waals surface area contributed by atoms with E-state index in [1.165, 1.54) is 17.7 Å². The summed E-state index contributed by atoms with van der Waals surface area (Å²) in [4.78, 5) is 4.58. The average molecular weight is 317 g/mol. The third kappa shape index (κ3) is 1.65. The SMILES string of the molecule is Cc1ccc2cccc3c2c1-c1c(nc2cc(F)ccc2[n+]1C)O3. The molecular weight excluding hydrogens is 303 g/mol.